The van der Waals surface area contributed by atoms with E-state index in [1.807, 2.05) is 0 Å². The monoisotopic (exact) mass is 203 g/mol. The van der Waals surface area contributed by atoms with E-state index in [0.717, 1.165) is 6.54 Å². The van der Waals surface area contributed by atoms with Crippen LogP contribution in [-0.2, 0) is 6.54 Å². The molecular formula is C12H13NS. The van der Waals surface area contributed by atoms with Crippen LogP contribution in [0.3, 0.4) is 0 Å². The molecule has 0 aliphatic rings. The van der Waals surface area contributed by atoms with Gasteiger partial charge in [-0.2, -0.15) is 11.3 Å². The standard InChI is InChI=1S/C12H13NS/c1-10-3-2-4-12(7-10)13-8-11-5-6-14-9-11/h2-7,9,13H,8H2,1H3. The van der Waals surface area contributed by atoms with E-state index in [0.29, 0.717) is 0 Å². The summed E-state index contributed by atoms with van der Waals surface area (Å²) in [6, 6.07) is 10.6. The molecule has 0 saturated carbocycles. The van der Waals surface area contributed by atoms with Gasteiger partial charge in [0, 0.05) is 12.2 Å². The summed E-state index contributed by atoms with van der Waals surface area (Å²) in [6.45, 7) is 3.02. The van der Waals surface area contributed by atoms with E-state index in [2.05, 4.69) is 53.3 Å². The van der Waals surface area contributed by atoms with Gasteiger partial charge in [0.15, 0.2) is 0 Å². The van der Waals surface area contributed by atoms with Gasteiger partial charge in [-0.25, -0.2) is 0 Å². The molecule has 0 aliphatic carbocycles. The maximum Gasteiger partial charge on any atom is 0.0409 e. The van der Waals surface area contributed by atoms with Crippen molar-refractivity contribution in [1.82, 2.24) is 0 Å². The third-order valence-corrected chi connectivity index (χ3v) is 2.83. The molecule has 0 unspecified atom stereocenters. The number of aryl methyl sites for hydroxylation is 1. The molecule has 1 heterocycles. The Morgan fingerprint density at radius 3 is 2.93 bits per heavy atom. The lowest BCUT2D eigenvalue weighted by atomic mass is 10.2. The Morgan fingerprint density at radius 1 is 1.29 bits per heavy atom. The van der Waals surface area contributed by atoms with Crippen molar-refractivity contribution in [2.75, 3.05) is 5.32 Å². The van der Waals surface area contributed by atoms with E-state index < -0.39 is 0 Å². The van der Waals surface area contributed by atoms with Crippen molar-refractivity contribution < 1.29 is 0 Å². The van der Waals surface area contributed by atoms with Crippen LogP contribution in [0.2, 0.25) is 0 Å². The van der Waals surface area contributed by atoms with Gasteiger partial charge in [-0.1, -0.05) is 12.1 Å². The fourth-order valence-electron chi connectivity index (χ4n) is 1.35. The normalized spacial score (nSPS) is 10.1. The lowest BCUT2D eigenvalue weighted by Crippen LogP contribution is -1.97. The van der Waals surface area contributed by atoms with Gasteiger partial charge in [0.1, 0.15) is 0 Å². The van der Waals surface area contributed by atoms with Crippen LogP contribution < -0.4 is 5.32 Å². The Labute approximate surface area is 88.4 Å². The summed E-state index contributed by atoms with van der Waals surface area (Å²) in [5.74, 6) is 0. The van der Waals surface area contributed by atoms with Crippen LogP contribution in [0.5, 0.6) is 0 Å². The molecule has 0 saturated heterocycles. The Hall–Kier alpha value is -1.28. The molecule has 0 atom stereocenters. The van der Waals surface area contributed by atoms with Crippen molar-refractivity contribution in [2.45, 2.75) is 13.5 Å². The average molecular weight is 203 g/mol. The molecule has 0 amide bonds. The maximum atomic E-state index is 3.39. The molecule has 1 nitrogen and oxygen atoms in total. The second-order valence-electron chi connectivity index (χ2n) is 3.35. The van der Waals surface area contributed by atoms with Gasteiger partial charge in [0.2, 0.25) is 0 Å². The Morgan fingerprint density at radius 2 is 2.21 bits per heavy atom. The highest BCUT2D eigenvalue weighted by atomic mass is 32.1. The average Bonchev–Trinajstić information content (AvgIpc) is 2.67. The highest BCUT2D eigenvalue weighted by Crippen LogP contribution is 2.12. The highest BCUT2D eigenvalue weighted by molar-refractivity contribution is 7.07. The Bertz CT molecular complexity index is 392. The summed E-state index contributed by atoms with van der Waals surface area (Å²) >= 11 is 1.74. The van der Waals surface area contributed by atoms with Gasteiger partial charge >= 0.3 is 0 Å². The van der Waals surface area contributed by atoms with Crippen LogP contribution >= 0.6 is 11.3 Å². The van der Waals surface area contributed by atoms with E-state index in [1.54, 1.807) is 11.3 Å². The van der Waals surface area contributed by atoms with Crippen molar-refractivity contribution in [2.24, 2.45) is 0 Å². The first-order chi connectivity index (χ1) is 6.84. The van der Waals surface area contributed by atoms with Gasteiger partial charge in [0.05, 0.1) is 0 Å². The van der Waals surface area contributed by atoms with Crippen molar-refractivity contribution in [3.05, 3.63) is 52.2 Å². The van der Waals surface area contributed by atoms with E-state index in [4.69, 9.17) is 0 Å². The predicted molar refractivity (Wildman–Crippen MR) is 62.8 cm³/mol. The number of anilines is 1. The first-order valence-electron chi connectivity index (χ1n) is 4.66. The van der Waals surface area contributed by atoms with Crippen LogP contribution in [0.1, 0.15) is 11.1 Å². The minimum Gasteiger partial charge on any atom is -0.381 e. The summed E-state index contributed by atoms with van der Waals surface area (Å²) in [5, 5.41) is 7.67. The van der Waals surface area contributed by atoms with Crippen molar-refractivity contribution in [1.29, 1.82) is 0 Å². The lowest BCUT2D eigenvalue weighted by Gasteiger charge is -2.05. The number of rotatable bonds is 3. The number of nitrogens with one attached hydrogen (secondary N) is 1. The van der Waals surface area contributed by atoms with Crippen molar-refractivity contribution in [3.63, 3.8) is 0 Å². The topological polar surface area (TPSA) is 12.0 Å². The molecule has 0 fully saturated rings. The quantitative estimate of drug-likeness (QED) is 0.802. The van der Waals surface area contributed by atoms with Gasteiger partial charge in [0.25, 0.3) is 0 Å². The van der Waals surface area contributed by atoms with Gasteiger partial charge in [-0.15, -0.1) is 0 Å². The first-order valence-corrected chi connectivity index (χ1v) is 5.60. The minimum atomic E-state index is 0.910. The van der Waals surface area contributed by atoms with Crippen LogP contribution in [0.4, 0.5) is 5.69 Å². The van der Waals surface area contributed by atoms with Crippen molar-refractivity contribution in [3.8, 4) is 0 Å². The molecule has 1 N–H and O–H groups in total. The number of hydrogen-bond acceptors (Lipinski definition) is 2. The molecule has 1 aromatic heterocycles. The molecule has 72 valence electrons. The fourth-order valence-corrected chi connectivity index (χ4v) is 2.02. The zero-order valence-electron chi connectivity index (χ0n) is 8.16. The minimum absolute atomic E-state index is 0.910. The van der Waals surface area contributed by atoms with Gasteiger partial charge in [-0.3, -0.25) is 0 Å². The zero-order valence-corrected chi connectivity index (χ0v) is 8.97. The molecule has 2 heteroatoms. The molecule has 2 aromatic rings. The van der Waals surface area contributed by atoms with E-state index in [9.17, 15) is 0 Å². The summed E-state index contributed by atoms with van der Waals surface area (Å²) < 4.78 is 0. The molecule has 0 radical (unpaired) electrons. The number of thiophene rings is 1. The molecule has 0 aliphatic heterocycles. The smallest absolute Gasteiger partial charge is 0.0409 e. The van der Waals surface area contributed by atoms with Crippen LogP contribution in [0, 0.1) is 6.92 Å². The Kier molecular flexibility index (Phi) is 2.84. The first kappa shape index (κ1) is 9.28. The molecular weight excluding hydrogens is 190 g/mol. The number of benzene rings is 1. The van der Waals surface area contributed by atoms with Crippen LogP contribution in [0.25, 0.3) is 0 Å². The molecule has 14 heavy (non-hydrogen) atoms. The highest BCUT2D eigenvalue weighted by Gasteiger charge is 1.93. The summed E-state index contributed by atoms with van der Waals surface area (Å²) in [7, 11) is 0. The predicted octanol–water partition coefficient (Wildman–Crippen LogP) is 3.67. The third-order valence-electron chi connectivity index (χ3n) is 2.09. The second-order valence-corrected chi connectivity index (χ2v) is 4.13. The summed E-state index contributed by atoms with van der Waals surface area (Å²) in [4.78, 5) is 0. The molecule has 2 rings (SSSR count). The largest absolute Gasteiger partial charge is 0.381 e. The van der Waals surface area contributed by atoms with Crippen LogP contribution in [-0.4, -0.2) is 0 Å². The molecule has 0 spiro atoms. The van der Waals surface area contributed by atoms with E-state index in [-0.39, 0.29) is 0 Å². The Balaban J connectivity index is 1.98. The summed E-state index contributed by atoms with van der Waals surface area (Å²) in [6.07, 6.45) is 0. The van der Waals surface area contributed by atoms with E-state index in [1.165, 1.54) is 16.8 Å². The van der Waals surface area contributed by atoms with Gasteiger partial charge < -0.3 is 5.32 Å². The van der Waals surface area contributed by atoms with E-state index >= 15 is 0 Å². The van der Waals surface area contributed by atoms with Crippen molar-refractivity contribution >= 4 is 17.0 Å². The molecule has 0 bridgehead atoms. The number of hydrogen-bond donors (Lipinski definition) is 1. The fraction of sp³-hybridized carbons (Fsp3) is 0.167. The van der Waals surface area contributed by atoms with Crippen LogP contribution in [0.15, 0.2) is 41.1 Å². The SMILES string of the molecule is Cc1cccc(NCc2ccsc2)c1. The van der Waals surface area contributed by atoms with Gasteiger partial charge in [-0.05, 0) is 47.0 Å². The second kappa shape index (κ2) is 4.29. The maximum absolute atomic E-state index is 3.39. The molecule has 1 aromatic carbocycles. The zero-order chi connectivity index (χ0) is 9.80. The summed E-state index contributed by atoms with van der Waals surface area (Å²) in [5.41, 5.74) is 3.83. The lowest BCUT2D eigenvalue weighted by molar-refractivity contribution is 1.16. The third kappa shape index (κ3) is 2.36.